The molecule has 164 valence electrons. The second-order valence-electron chi connectivity index (χ2n) is 6.51. The molecule has 0 saturated heterocycles. The molecule has 2 amide bonds. The van der Waals surface area contributed by atoms with E-state index in [1.807, 2.05) is 0 Å². The summed E-state index contributed by atoms with van der Waals surface area (Å²) in [7, 11) is 0. The van der Waals surface area contributed by atoms with Crippen molar-refractivity contribution in [3.63, 3.8) is 0 Å². The fourth-order valence-electron chi connectivity index (χ4n) is 2.88. The van der Waals surface area contributed by atoms with E-state index in [2.05, 4.69) is 25.6 Å². The minimum absolute atomic E-state index is 0.0866. The summed E-state index contributed by atoms with van der Waals surface area (Å²) in [6.45, 7) is 0. The Bertz CT molecular complexity index is 1370. The fraction of sp³-hybridized carbons (Fsp3) is 0.0500. The number of rotatable bonds is 4. The normalized spacial score (nSPS) is 11.4. The lowest BCUT2D eigenvalue weighted by Gasteiger charge is -2.12. The first-order valence-corrected chi connectivity index (χ1v) is 9.36. The molecular weight excluding hydrogens is 451 g/mol. The summed E-state index contributed by atoms with van der Waals surface area (Å²) in [6, 6.07) is 10.1. The Morgan fingerprint density at radius 2 is 1.78 bits per heavy atom. The van der Waals surface area contributed by atoms with E-state index in [9.17, 15) is 22.8 Å². The zero-order valence-electron chi connectivity index (χ0n) is 15.9. The second kappa shape index (κ2) is 8.27. The number of carbonyl (C=O) groups excluding carboxylic acids is 1. The minimum Gasteiger partial charge on any atom is -0.455 e. The maximum Gasteiger partial charge on any atom is 0.417 e. The van der Waals surface area contributed by atoms with Gasteiger partial charge in [-0.1, -0.05) is 17.7 Å². The van der Waals surface area contributed by atoms with Crippen molar-refractivity contribution in [2.75, 3.05) is 10.6 Å². The van der Waals surface area contributed by atoms with Crippen LogP contribution in [0.25, 0.3) is 11.2 Å². The Balaban J connectivity index is 1.46. The number of amides is 2. The van der Waals surface area contributed by atoms with Crippen LogP contribution in [0.1, 0.15) is 5.56 Å². The van der Waals surface area contributed by atoms with Crippen molar-refractivity contribution in [3.8, 4) is 11.5 Å². The van der Waals surface area contributed by atoms with Gasteiger partial charge < -0.3 is 20.4 Å². The summed E-state index contributed by atoms with van der Waals surface area (Å²) in [5, 5.41) is 4.43. The van der Waals surface area contributed by atoms with Crippen LogP contribution in [-0.4, -0.2) is 21.0 Å². The van der Waals surface area contributed by atoms with Crippen LogP contribution in [-0.2, 0) is 6.18 Å². The first-order valence-electron chi connectivity index (χ1n) is 8.99. The van der Waals surface area contributed by atoms with Crippen LogP contribution in [0.4, 0.5) is 29.3 Å². The van der Waals surface area contributed by atoms with E-state index < -0.39 is 28.5 Å². The molecule has 0 radical (unpaired) electrons. The Morgan fingerprint density at radius 3 is 2.50 bits per heavy atom. The number of hydrogen-bond donors (Lipinski definition) is 4. The monoisotopic (exact) mass is 463 g/mol. The van der Waals surface area contributed by atoms with Crippen molar-refractivity contribution in [1.29, 1.82) is 0 Å². The van der Waals surface area contributed by atoms with Crippen molar-refractivity contribution in [2.24, 2.45) is 0 Å². The Hall–Kier alpha value is -3.99. The molecule has 32 heavy (non-hydrogen) atoms. The number of nitrogens with zero attached hydrogens (tertiary/aromatic N) is 1. The smallest absolute Gasteiger partial charge is 0.417 e. The highest BCUT2D eigenvalue weighted by molar-refractivity contribution is 6.31. The lowest BCUT2D eigenvalue weighted by atomic mass is 10.2. The standard InChI is InChI=1S/C20H13ClF3N5O3/c21-14-9-11(4-5-13(14)20(22,23)24)27-18(30)26-10-2-1-3-12(8-10)32-15-6-7-25-17-16(15)28-19(31)29-17/h1-9H,(H2,26,27,30)(H2,25,28,29,31). The number of pyridine rings is 1. The Labute approximate surface area is 182 Å². The van der Waals surface area contributed by atoms with E-state index in [4.69, 9.17) is 16.3 Å². The Kier molecular flexibility index (Phi) is 5.49. The number of alkyl halides is 3. The van der Waals surface area contributed by atoms with Crippen LogP contribution < -0.4 is 21.1 Å². The minimum atomic E-state index is -4.59. The number of aromatic nitrogens is 3. The van der Waals surface area contributed by atoms with E-state index in [1.165, 1.54) is 12.3 Å². The molecule has 0 bridgehead atoms. The van der Waals surface area contributed by atoms with Crippen molar-refractivity contribution in [2.45, 2.75) is 6.18 Å². The van der Waals surface area contributed by atoms with Gasteiger partial charge in [-0.15, -0.1) is 0 Å². The summed E-state index contributed by atoms with van der Waals surface area (Å²) in [6.07, 6.45) is -3.13. The summed E-state index contributed by atoms with van der Waals surface area (Å²) < 4.78 is 44.2. The molecule has 0 aliphatic rings. The molecule has 0 atom stereocenters. The number of fused-ring (bicyclic) bond motifs is 1. The average Bonchev–Trinajstić information content (AvgIpc) is 3.08. The molecule has 4 rings (SSSR count). The third-order valence-corrected chi connectivity index (χ3v) is 4.55. The molecule has 12 heteroatoms. The third kappa shape index (κ3) is 4.67. The van der Waals surface area contributed by atoms with Gasteiger partial charge in [0.15, 0.2) is 11.4 Å². The number of ether oxygens (including phenoxy) is 1. The maximum absolute atomic E-state index is 12.8. The van der Waals surface area contributed by atoms with Crippen LogP contribution in [0.3, 0.4) is 0 Å². The summed E-state index contributed by atoms with van der Waals surface area (Å²) in [5.41, 5.74) is -0.276. The molecule has 0 fully saturated rings. The van der Waals surface area contributed by atoms with Crippen LogP contribution in [0.5, 0.6) is 11.5 Å². The fourth-order valence-corrected chi connectivity index (χ4v) is 3.17. The zero-order valence-corrected chi connectivity index (χ0v) is 16.6. The number of carbonyl (C=O) groups is 1. The van der Waals surface area contributed by atoms with E-state index in [0.29, 0.717) is 28.4 Å². The molecule has 8 nitrogen and oxygen atoms in total. The van der Waals surface area contributed by atoms with Crippen LogP contribution >= 0.6 is 11.6 Å². The van der Waals surface area contributed by atoms with Gasteiger partial charge in [-0.2, -0.15) is 13.2 Å². The first-order chi connectivity index (χ1) is 15.2. The lowest BCUT2D eigenvalue weighted by Crippen LogP contribution is -2.19. The number of benzene rings is 2. The number of nitrogens with one attached hydrogen (secondary N) is 4. The highest BCUT2D eigenvalue weighted by Crippen LogP contribution is 2.36. The van der Waals surface area contributed by atoms with Gasteiger partial charge in [0.1, 0.15) is 11.3 Å². The van der Waals surface area contributed by atoms with E-state index in [0.717, 1.165) is 18.2 Å². The van der Waals surface area contributed by atoms with Gasteiger partial charge in [0.05, 0.1) is 10.6 Å². The highest BCUT2D eigenvalue weighted by Gasteiger charge is 2.33. The van der Waals surface area contributed by atoms with Gasteiger partial charge >= 0.3 is 17.9 Å². The number of hydrogen-bond acceptors (Lipinski definition) is 4. The number of halogens is 4. The molecule has 0 unspecified atom stereocenters. The molecule has 2 aromatic carbocycles. The lowest BCUT2D eigenvalue weighted by molar-refractivity contribution is -0.137. The molecular formula is C20H13ClF3N5O3. The van der Waals surface area contributed by atoms with Crippen LogP contribution in [0, 0.1) is 0 Å². The zero-order chi connectivity index (χ0) is 22.9. The van der Waals surface area contributed by atoms with Gasteiger partial charge in [0, 0.05) is 29.7 Å². The number of imidazole rings is 1. The third-order valence-electron chi connectivity index (χ3n) is 4.24. The predicted molar refractivity (Wildman–Crippen MR) is 112 cm³/mol. The van der Waals surface area contributed by atoms with Gasteiger partial charge in [-0.3, -0.25) is 4.98 Å². The van der Waals surface area contributed by atoms with Gasteiger partial charge in [0.25, 0.3) is 0 Å². The second-order valence-corrected chi connectivity index (χ2v) is 6.92. The number of urea groups is 1. The van der Waals surface area contributed by atoms with Crippen molar-refractivity contribution < 1.29 is 22.7 Å². The molecule has 0 aliphatic carbocycles. The van der Waals surface area contributed by atoms with Crippen LogP contribution in [0.15, 0.2) is 59.5 Å². The largest absolute Gasteiger partial charge is 0.455 e. The quantitative estimate of drug-likeness (QED) is 0.326. The average molecular weight is 464 g/mol. The molecule has 2 heterocycles. The summed E-state index contributed by atoms with van der Waals surface area (Å²) >= 11 is 5.66. The molecule has 0 spiro atoms. The molecule has 0 saturated carbocycles. The van der Waals surface area contributed by atoms with Gasteiger partial charge in [-0.25, -0.2) is 14.6 Å². The molecule has 4 N–H and O–H groups in total. The SMILES string of the molecule is O=C(Nc1cccc(Oc2ccnc3[nH]c(=O)[nH]c23)c1)Nc1ccc(C(F)(F)F)c(Cl)c1. The van der Waals surface area contributed by atoms with E-state index in [1.54, 1.807) is 24.3 Å². The number of anilines is 2. The van der Waals surface area contributed by atoms with Crippen molar-refractivity contribution in [1.82, 2.24) is 15.0 Å². The number of aromatic amines is 2. The van der Waals surface area contributed by atoms with Crippen molar-refractivity contribution >= 4 is 40.2 Å². The molecule has 0 aliphatic heterocycles. The molecule has 2 aromatic heterocycles. The predicted octanol–water partition coefficient (Wildman–Crippen LogP) is 5.36. The van der Waals surface area contributed by atoms with Gasteiger partial charge in [-0.05, 0) is 30.3 Å². The van der Waals surface area contributed by atoms with Crippen molar-refractivity contribution in [3.05, 3.63) is 75.8 Å². The highest BCUT2D eigenvalue weighted by atomic mass is 35.5. The van der Waals surface area contributed by atoms with Gasteiger partial charge in [0.2, 0.25) is 0 Å². The Morgan fingerprint density at radius 1 is 1.03 bits per heavy atom. The maximum atomic E-state index is 12.8. The summed E-state index contributed by atoms with van der Waals surface area (Å²) in [5.74, 6) is 0.698. The van der Waals surface area contributed by atoms with Crippen LogP contribution in [0.2, 0.25) is 5.02 Å². The van der Waals surface area contributed by atoms with E-state index in [-0.39, 0.29) is 5.69 Å². The topological polar surface area (TPSA) is 112 Å². The molecule has 4 aromatic rings. The number of H-pyrrole nitrogens is 2. The van der Waals surface area contributed by atoms with E-state index >= 15 is 0 Å². The summed E-state index contributed by atoms with van der Waals surface area (Å²) in [4.78, 5) is 32.8. The first kappa shape index (κ1) is 21.2.